The van der Waals surface area contributed by atoms with Crippen LogP contribution in [-0.2, 0) is 9.53 Å². The minimum absolute atomic E-state index is 0.173. The number of carbonyl (C=O) groups excluding carboxylic acids is 1. The molecule has 5 heteroatoms. The Hall–Kier alpha value is 0.290. The zero-order valence-corrected chi connectivity index (χ0v) is 14.4. The number of unbranched alkanes of at least 4 members (excludes halogenated alkanes) is 1. The summed E-state index contributed by atoms with van der Waals surface area (Å²) < 4.78 is 5.51. The molecule has 114 valence electrons. The van der Waals surface area contributed by atoms with Crippen molar-refractivity contribution in [3.63, 3.8) is 0 Å². The van der Waals surface area contributed by atoms with Crippen molar-refractivity contribution in [3.05, 3.63) is 0 Å². The number of rotatable bonds is 13. The average Bonchev–Trinajstić information content (AvgIpc) is 2.35. The van der Waals surface area contributed by atoms with Crippen molar-refractivity contribution < 1.29 is 9.53 Å². The fraction of sp³-hybridized carbons (Fsp3) is 0.929. The summed E-state index contributed by atoms with van der Waals surface area (Å²) in [6.07, 6.45) is 2.63. The van der Waals surface area contributed by atoms with Crippen LogP contribution in [0.2, 0.25) is 0 Å². The first kappa shape index (κ1) is 19.3. The topological polar surface area (TPSA) is 38.3 Å². The lowest BCUT2D eigenvalue weighted by Gasteiger charge is -2.07. The van der Waals surface area contributed by atoms with E-state index in [0.717, 1.165) is 37.7 Å². The number of Topliss-reactive ketones (excluding diaryl/α,β-unsaturated/α-hetero) is 1. The fourth-order valence-corrected chi connectivity index (χ4v) is 2.95. The molecular formula is C14H29NO2S2. The molecule has 3 nitrogen and oxygen atoms in total. The Balaban J connectivity index is 3.09. The van der Waals surface area contributed by atoms with Gasteiger partial charge in [-0.15, -0.1) is 0 Å². The molecule has 1 N–H and O–H groups in total. The van der Waals surface area contributed by atoms with Crippen molar-refractivity contribution >= 4 is 27.4 Å². The van der Waals surface area contributed by atoms with Crippen LogP contribution in [0.3, 0.4) is 0 Å². The molecule has 19 heavy (non-hydrogen) atoms. The van der Waals surface area contributed by atoms with Gasteiger partial charge in [-0.3, -0.25) is 4.79 Å². The van der Waals surface area contributed by atoms with E-state index in [1.807, 2.05) is 24.6 Å². The highest BCUT2D eigenvalue weighted by Crippen LogP contribution is 2.20. The van der Waals surface area contributed by atoms with E-state index in [9.17, 15) is 4.79 Å². The molecule has 0 saturated heterocycles. The minimum Gasteiger partial charge on any atom is -0.370 e. The molecule has 0 aliphatic rings. The summed E-state index contributed by atoms with van der Waals surface area (Å²) in [4.78, 5) is 11.4. The second-order valence-corrected chi connectivity index (χ2v) is 7.68. The maximum atomic E-state index is 11.4. The van der Waals surface area contributed by atoms with Gasteiger partial charge in [0.2, 0.25) is 0 Å². The first-order valence-electron chi connectivity index (χ1n) is 7.12. The van der Waals surface area contributed by atoms with Crippen LogP contribution in [0.15, 0.2) is 0 Å². The highest BCUT2D eigenvalue weighted by molar-refractivity contribution is 8.76. The second kappa shape index (κ2) is 13.3. The minimum atomic E-state index is 0.173. The van der Waals surface area contributed by atoms with Crippen LogP contribution in [0.25, 0.3) is 0 Å². The third kappa shape index (κ3) is 14.5. The Bertz CT molecular complexity index is 223. The van der Waals surface area contributed by atoms with Gasteiger partial charge in [-0.25, -0.2) is 0 Å². The Labute approximate surface area is 126 Å². The van der Waals surface area contributed by atoms with Crippen LogP contribution < -0.4 is 5.32 Å². The number of nitrogens with one attached hydrogen (secondary N) is 1. The lowest BCUT2D eigenvalue weighted by Crippen LogP contribution is -2.24. The third-order valence-corrected chi connectivity index (χ3v) is 4.65. The first-order valence-corrected chi connectivity index (χ1v) is 9.61. The number of hydrogen-bond donors (Lipinski definition) is 1. The Morgan fingerprint density at radius 2 is 1.89 bits per heavy atom. The standard InChI is InChI=1S/C14H29NO2S2/c1-12(2)14(16)7-5-6-9-17-11-19-18-10-8-15-13(3)4/h12-13,15H,5-11H2,1-4H3. The lowest BCUT2D eigenvalue weighted by molar-refractivity contribution is -0.122. The largest absolute Gasteiger partial charge is 0.370 e. The van der Waals surface area contributed by atoms with E-state index >= 15 is 0 Å². The van der Waals surface area contributed by atoms with Gasteiger partial charge in [-0.2, -0.15) is 0 Å². The van der Waals surface area contributed by atoms with Crippen molar-refractivity contribution in [2.75, 3.05) is 24.8 Å². The maximum absolute atomic E-state index is 11.4. The van der Waals surface area contributed by atoms with Crippen LogP contribution in [0.4, 0.5) is 0 Å². The van der Waals surface area contributed by atoms with E-state index < -0.39 is 0 Å². The molecule has 0 amide bonds. The summed E-state index contributed by atoms with van der Waals surface area (Å²) in [5, 5.41) is 3.38. The second-order valence-electron chi connectivity index (χ2n) is 5.15. The molecule has 0 aromatic carbocycles. The monoisotopic (exact) mass is 307 g/mol. The van der Waals surface area contributed by atoms with Crippen molar-refractivity contribution in [1.82, 2.24) is 5.32 Å². The molecule has 0 aromatic heterocycles. The van der Waals surface area contributed by atoms with Crippen molar-refractivity contribution in [3.8, 4) is 0 Å². The molecule has 0 aliphatic heterocycles. The van der Waals surface area contributed by atoms with Gasteiger partial charge in [0, 0.05) is 37.3 Å². The van der Waals surface area contributed by atoms with Gasteiger partial charge in [0.05, 0.1) is 0 Å². The molecule has 0 unspecified atom stereocenters. The van der Waals surface area contributed by atoms with Gasteiger partial charge in [-0.1, -0.05) is 49.3 Å². The van der Waals surface area contributed by atoms with Crippen LogP contribution in [0.1, 0.15) is 47.0 Å². The highest BCUT2D eigenvalue weighted by Gasteiger charge is 2.05. The summed E-state index contributed by atoms with van der Waals surface area (Å²) >= 11 is 0. The predicted octanol–water partition coefficient (Wildman–Crippen LogP) is 3.74. The summed E-state index contributed by atoms with van der Waals surface area (Å²) in [6.45, 7) is 10.0. The van der Waals surface area contributed by atoms with E-state index in [1.165, 1.54) is 0 Å². The van der Waals surface area contributed by atoms with E-state index in [4.69, 9.17) is 4.74 Å². The number of hydrogen-bond acceptors (Lipinski definition) is 5. The van der Waals surface area contributed by atoms with Crippen molar-refractivity contribution in [1.29, 1.82) is 0 Å². The number of ketones is 1. The quantitative estimate of drug-likeness (QED) is 0.319. The maximum Gasteiger partial charge on any atom is 0.135 e. The Kier molecular flexibility index (Phi) is 13.5. The molecule has 0 atom stereocenters. The molecule has 0 bridgehead atoms. The van der Waals surface area contributed by atoms with Crippen LogP contribution >= 0.6 is 21.6 Å². The average molecular weight is 308 g/mol. The smallest absolute Gasteiger partial charge is 0.135 e. The molecule has 0 saturated carbocycles. The van der Waals surface area contributed by atoms with Gasteiger partial charge in [-0.05, 0) is 12.8 Å². The molecule has 0 fully saturated rings. The molecule has 0 spiro atoms. The molecule has 0 aliphatic carbocycles. The number of carbonyl (C=O) groups is 1. The van der Waals surface area contributed by atoms with Crippen LogP contribution in [-0.4, -0.2) is 36.7 Å². The van der Waals surface area contributed by atoms with Gasteiger partial charge in [0.15, 0.2) is 0 Å². The van der Waals surface area contributed by atoms with E-state index in [2.05, 4.69) is 19.2 Å². The van der Waals surface area contributed by atoms with Gasteiger partial charge >= 0.3 is 0 Å². The summed E-state index contributed by atoms with van der Waals surface area (Å²) in [5.74, 6) is 2.38. The van der Waals surface area contributed by atoms with Gasteiger partial charge < -0.3 is 10.1 Å². The summed E-state index contributed by atoms with van der Waals surface area (Å²) in [6, 6.07) is 0.565. The zero-order chi connectivity index (χ0) is 14.5. The highest BCUT2D eigenvalue weighted by atomic mass is 33.1. The SMILES string of the molecule is CC(C)NCCSSCOCCCCC(=O)C(C)C. The van der Waals surface area contributed by atoms with Crippen LogP contribution in [0, 0.1) is 5.92 Å². The Morgan fingerprint density at radius 3 is 2.53 bits per heavy atom. The first-order chi connectivity index (χ1) is 9.04. The lowest BCUT2D eigenvalue weighted by atomic mass is 10.0. The Morgan fingerprint density at radius 1 is 1.16 bits per heavy atom. The summed E-state index contributed by atoms with van der Waals surface area (Å²) in [5.41, 5.74) is 0. The predicted molar refractivity (Wildman–Crippen MR) is 87.7 cm³/mol. The molecular weight excluding hydrogens is 278 g/mol. The van der Waals surface area contributed by atoms with E-state index in [0.29, 0.717) is 18.2 Å². The van der Waals surface area contributed by atoms with Gasteiger partial charge in [0.25, 0.3) is 0 Å². The summed E-state index contributed by atoms with van der Waals surface area (Å²) in [7, 11) is 3.60. The molecule has 0 aromatic rings. The van der Waals surface area contributed by atoms with E-state index in [1.54, 1.807) is 10.8 Å². The number of ether oxygens (including phenoxy) is 1. The molecule has 0 radical (unpaired) electrons. The molecule has 0 rings (SSSR count). The zero-order valence-electron chi connectivity index (χ0n) is 12.7. The van der Waals surface area contributed by atoms with Crippen LogP contribution in [0.5, 0.6) is 0 Å². The van der Waals surface area contributed by atoms with Gasteiger partial charge in [0.1, 0.15) is 11.7 Å². The molecule has 0 heterocycles. The van der Waals surface area contributed by atoms with Crippen molar-refractivity contribution in [2.45, 2.75) is 53.0 Å². The normalized spacial score (nSPS) is 11.5. The van der Waals surface area contributed by atoms with Crippen molar-refractivity contribution in [2.24, 2.45) is 5.92 Å². The third-order valence-electron chi connectivity index (χ3n) is 2.56. The fourth-order valence-electron chi connectivity index (χ4n) is 1.37. The van der Waals surface area contributed by atoms with E-state index in [-0.39, 0.29) is 5.92 Å².